The summed E-state index contributed by atoms with van der Waals surface area (Å²) in [4.78, 5) is 97.3. The number of ether oxygens (including phenoxy) is 2. The summed E-state index contributed by atoms with van der Waals surface area (Å²) < 4.78 is 25.1. The third-order valence-electron chi connectivity index (χ3n) is 11.0. The largest absolute Gasteiger partial charge is 0.445 e. The molecule has 8 amide bonds. The lowest BCUT2D eigenvalue weighted by Gasteiger charge is -2.25. The number of benzene rings is 3. The maximum atomic E-state index is 14.4. The zero-order chi connectivity index (χ0) is 49.5. The van der Waals surface area contributed by atoms with Gasteiger partial charge in [0.25, 0.3) is 11.8 Å². The van der Waals surface area contributed by atoms with Crippen molar-refractivity contribution in [3.63, 3.8) is 0 Å². The second-order valence-corrected chi connectivity index (χ2v) is 17.0. The van der Waals surface area contributed by atoms with Gasteiger partial charge >= 0.3 is 18.2 Å². The summed E-state index contributed by atoms with van der Waals surface area (Å²) in [6.07, 6.45) is 1.37. The molecule has 0 aliphatic carbocycles. The molecule has 68 heavy (non-hydrogen) atoms. The van der Waals surface area contributed by atoms with Gasteiger partial charge in [0.05, 0.1) is 5.56 Å². The van der Waals surface area contributed by atoms with Crippen molar-refractivity contribution in [1.29, 1.82) is 0 Å². The zero-order valence-electron chi connectivity index (χ0n) is 39.0. The van der Waals surface area contributed by atoms with Gasteiger partial charge in [0.15, 0.2) is 0 Å². The molecule has 1 aliphatic rings. The Hall–Kier alpha value is -7.48. The number of urea groups is 1. The molecule has 0 fully saturated rings. The number of nitrogens with zero attached hydrogens (tertiary/aromatic N) is 2. The van der Waals surface area contributed by atoms with Gasteiger partial charge in [-0.15, -0.1) is 0 Å². The number of anilines is 1. The van der Waals surface area contributed by atoms with E-state index in [0.717, 1.165) is 22.4 Å². The molecule has 2 heterocycles. The van der Waals surface area contributed by atoms with E-state index in [2.05, 4.69) is 43.5 Å². The number of rotatable bonds is 22. The number of nitrogens with two attached hydrogens (primary N) is 1. The fraction of sp³-hybridized carbons (Fsp3) is 0.396. The predicted molar refractivity (Wildman–Crippen MR) is 254 cm³/mol. The fourth-order valence-corrected chi connectivity index (χ4v) is 7.60. The number of alkyl carbamates (subject to hydrolysis) is 1. The van der Waals surface area contributed by atoms with Crippen LogP contribution in [0.3, 0.4) is 0 Å². The number of hydrogen-bond acceptors (Lipinski definition) is 10. The van der Waals surface area contributed by atoms with Crippen LogP contribution in [0.4, 0.5) is 24.5 Å². The molecule has 4 aromatic rings. The molecule has 1 aromatic heterocycles. The van der Waals surface area contributed by atoms with Crippen LogP contribution in [-0.4, -0.2) is 123 Å². The summed E-state index contributed by atoms with van der Waals surface area (Å²) >= 11 is 0. The van der Waals surface area contributed by atoms with Crippen molar-refractivity contribution in [3.8, 4) is 11.3 Å². The average molecular weight is 941 g/mol. The Morgan fingerprint density at radius 2 is 1.66 bits per heavy atom. The van der Waals surface area contributed by atoms with Gasteiger partial charge < -0.3 is 61.9 Å². The Morgan fingerprint density at radius 1 is 0.926 bits per heavy atom. The van der Waals surface area contributed by atoms with Crippen LogP contribution in [0.15, 0.2) is 67.3 Å². The van der Waals surface area contributed by atoms with Crippen molar-refractivity contribution < 1.29 is 47.4 Å². The molecule has 0 unspecified atom stereocenters. The fourth-order valence-electron chi connectivity index (χ4n) is 7.60. The normalized spacial score (nSPS) is 12.9. The van der Waals surface area contributed by atoms with Crippen LogP contribution in [-0.2, 0) is 38.6 Å². The number of hydrogen-bond donors (Lipinski definition) is 8. The molecule has 9 N–H and O–H groups in total. The van der Waals surface area contributed by atoms with Crippen molar-refractivity contribution >= 4 is 58.4 Å². The molecule has 3 aromatic carbocycles. The zero-order valence-corrected chi connectivity index (χ0v) is 39.0. The number of carbonyl (C=O) groups is 7. The van der Waals surface area contributed by atoms with Crippen LogP contribution in [0.1, 0.15) is 70.5 Å². The van der Waals surface area contributed by atoms with Crippen LogP contribution < -0.4 is 37.6 Å². The number of carbonyl (C=O) groups excluding carboxylic acids is 7. The van der Waals surface area contributed by atoms with Crippen molar-refractivity contribution in [1.82, 2.24) is 41.4 Å². The Bertz CT molecular complexity index is 2490. The summed E-state index contributed by atoms with van der Waals surface area (Å²) in [7, 11) is 5.40. The number of halogens is 1. The van der Waals surface area contributed by atoms with Gasteiger partial charge in [-0.25, -0.2) is 18.8 Å². The number of aromatic amines is 1. The topological polar surface area (TPSA) is 258 Å². The minimum Gasteiger partial charge on any atom is -0.445 e. The van der Waals surface area contributed by atoms with E-state index in [1.165, 1.54) is 35.2 Å². The van der Waals surface area contributed by atoms with Crippen LogP contribution in [0.5, 0.6) is 0 Å². The highest BCUT2D eigenvalue weighted by Gasteiger charge is 2.30. The minimum absolute atomic E-state index is 0.0592. The maximum Gasteiger partial charge on any atom is 0.410 e. The van der Waals surface area contributed by atoms with E-state index in [9.17, 15) is 38.0 Å². The van der Waals surface area contributed by atoms with E-state index in [4.69, 9.17) is 15.2 Å². The second-order valence-electron chi connectivity index (χ2n) is 17.0. The number of nitrogens with one attached hydrogen (secondary N) is 7. The van der Waals surface area contributed by atoms with Crippen molar-refractivity contribution in [2.24, 2.45) is 11.7 Å². The predicted octanol–water partition coefficient (Wildman–Crippen LogP) is 4.52. The maximum absolute atomic E-state index is 14.4. The standard InChI is InChI=1S/C48H61FN10O9/c1-7-22-67-47(65)57-40(28(2)3)45(63)56-37(10-8-18-53-46(50)64)44(62)54-33-16-15-31(35(25-33)42(60)51-19-9-21-58(4)5)27-68-48(66)59(6)26-29-11-13-30(14-12-29)41-34-17-20-52-43(61)36-23-32(49)24-38(55-41)39(34)36/h7,11-16,23-25,28,37,40,55H,1,8-10,17-22,26-27H2,2-6H3,(H,51,60)(H,52,61)(H,54,62)(H,56,63)(H,57,65)(H3,50,53,64)/t37-,40-/m0/s1. The highest BCUT2D eigenvalue weighted by atomic mass is 19.1. The first-order chi connectivity index (χ1) is 32.4. The molecule has 0 radical (unpaired) electrons. The van der Waals surface area contributed by atoms with Crippen molar-refractivity contribution in [3.05, 3.63) is 101 Å². The molecule has 364 valence electrons. The smallest absolute Gasteiger partial charge is 0.410 e. The van der Waals surface area contributed by atoms with Crippen molar-refractivity contribution in [2.75, 3.05) is 59.2 Å². The Labute approximate surface area is 394 Å². The molecule has 2 atom stereocenters. The first-order valence-electron chi connectivity index (χ1n) is 22.3. The lowest BCUT2D eigenvalue weighted by atomic mass is 9.99. The van der Waals surface area contributed by atoms with Gasteiger partial charge in [-0.1, -0.05) is 56.8 Å². The van der Waals surface area contributed by atoms with E-state index in [1.807, 2.05) is 43.3 Å². The molecule has 0 saturated carbocycles. The number of aromatic nitrogens is 1. The Balaban J connectivity index is 1.29. The molecule has 0 bridgehead atoms. The summed E-state index contributed by atoms with van der Waals surface area (Å²) in [6, 6.07) is 11.7. The van der Waals surface area contributed by atoms with E-state index in [-0.39, 0.29) is 61.9 Å². The molecule has 0 spiro atoms. The highest BCUT2D eigenvalue weighted by molar-refractivity contribution is 6.10. The molecule has 20 heteroatoms. The van der Waals surface area contributed by atoms with Crippen LogP contribution in [0.2, 0.25) is 0 Å². The highest BCUT2D eigenvalue weighted by Crippen LogP contribution is 2.35. The van der Waals surface area contributed by atoms with Gasteiger partial charge in [-0.2, -0.15) is 0 Å². The van der Waals surface area contributed by atoms with Crippen LogP contribution in [0.25, 0.3) is 22.2 Å². The first-order valence-corrected chi connectivity index (χ1v) is 22.3. The Kier molecular flexibility index (Phi) is 18.4. The SMILES string of the molecule is C=CCOC(=O)N[C@H](C(=O)N[C@@H](CCCNC(N)=O)C(=O)Nc1ccc(COC(=O)N(C)Cc2ccc(-c3[nH]c4cc(F)cc5c4c3CCNC5=O)cc2)c(C(=O)NCCCN(C)C)c1)C(C)C. The van der Waals surface area contributed by atoms with E-state index >= 15 is 0 Å². The third kappa shape index (κ3) is 14.3. The molecule has 0 saturated heterocycles. The number of primary amides is 1. The summed E-state index contributed by atoms with van der Waals surface area (Å²) in [5.74, 6) is -3.01. The molecule has 5 rings (SSSR count). The lowest BCUT2D eigenvalue weighted by molar-refractivity contribution is -0.128. The van der Waals surface area contributed by atoms with Crippen LogP contribution >= 0.6 is 0 Å². The molecular weight excluding hydrogens is 880 g/mol. The van der Waals surface area contributed by atoms with E-state index in [0.29, 0.717) is 48.9 Å². The summed E-state index contributed by atoms with van der Waals surface area (Å²) in [6.45, 7) is 8.31. The van der Waals surface area contributed by atoms with Gasteiger partial charge in [0.2, 0.25) is 11.8 Å². The quantitative estimate of drug-likeness (QED) is 0.0404. The minimum atomic E-state index is -1.16. The average Bonchev–Trinajstić information content (AvgIpc) is 3.57. The van der Waals surface area contributed by atoms with Crippen molar-refractivity contribution in [2.45, 2.75) is 64.8 Å². The molecule has 19 nitrogen and oxygen atoms in total. The second kappa shape index (κ2) is 24.3. The van der Waals surface area contributed by atoms with Gasteiger partial charge in [-0.05, 0) is 93.2 Å². The van der Waals surface area contributed by atoms with E-state index < -0.39 is 59.8 Å². The lowest BCUT2D eigenvalue weighted by Crippen LogP contribution is -2.54. The summed E-state index contributed by atoms with van der Waals surface area (Å²) in [5, 5.41) is 16.8. The summed E-state index contributed by atoms with van der Waals surface area (Å²) in [5.41, 5.74) is 10.0. The van der Waals surface area contributed by atoms with Gasteiger partial charge in [0, 0.05) is 66.6 Å². The monoisotopic (exact) mass is 940 g/mol. The Morgan fingerprint density at radius 3 is 2.35 bits per heavy atom. The third-order valence-corrected chi connectivity index (χ3v) is 11.0. The number of H-pyrrole nitrogens is 1. The molecular formula is C48H61FN10O9. The molecule has 1 aliphatic heterocycles. The first kappa shape index (κ1) is 51.5. The van der Waals surface area contributed by atoms with Gasteiger partial charge in [-0.3, -0.25) is 19.2 Å². The number of amides is 8. The van der Waals surface area contributed by atoms with Gasteiger partial charge in [0.1, 0.15) is 31.1 Å². The van der Waals surface area contributed by atoms with Crippen LogP contribution in [0, 0.1) is 11.7 Å². The van der Waals surface area contributed by atoms with E-state index in [1.54, 1.807) is 27.0 Å².